The molecular formula is C36H35FIrN2OSi-2. The molecule has 0 aliphatic heterocycles. The SMILES string of the molecule is CC(C)(C)Cc1ccnc(-c2[c-]ccc3c2oc2ccccc23)c1.C[Si](C)(C)c1ccc(-c2[c-]cc(F)cc2)nc1.[Ir]. The molecule has 0 saturated heterocycles. The third-order valence-corrected chi connectivity index (χ3v) is 8.86. The predicted molar refractivity (Wildman–Crippen MR) is 170 cm³/mol. The third kappa shape index (κ3) is 7.49. The number of furan rings is 1. The second-order valence-corrected chi connectivity index (χ2v) is 17.7. The van der Waals surface area contributed by atoms with Crippen LogP contribution in [0.1, 0.15) is 26.3 Å². The third-order valence-electron chi connectivity index (χ3n) is 6.83. The molecule has 3 heterocycles. The van der Waals surface area contributed by atoms with Crippen LogP contribution in [0.4, 0.5) is 4.39 Å². The molecule has 0 aliphatic carbocycles. The molecule has 0 aliphatic rings. The number of nitrogens with zero attached hydrogens (tertiary/aromatic N) is 2. The number of hydrogen-bond donors (Lipinski definition) is 0. The molecule has 0 bridgehead atoms. The summed E-state index contributed by atoms with van der Waals surface area (Å²) in [7, 11) is -1.30. The summed E-state index contributed by atoms with van der Waals surface area (Å²) in [6.07, 6.45) is 4.82. The molecule has 0 saturated carbocycles. The van der Waals surface area contributed by atoms with Gasteiger partial charge in [0.2, 0.25) is 0 Å². The zero-order valence-electron chi connectivity index (χ0n) is 24.9. The molecule has 6 heteroatoms. The van der Waals surface area contributed by atoms with E-state index in [1.807, 2.05) is 42.7 Å². The minimum atomic E-state index is -1.30. The molecular weight excluding hydrogens is 716 g/mol. The number of para-hydroxylation sites is 1. The number of benzene rings is 3. The van der Waals surface area contributed by atoms with Gasteiger partial charge in [-0.2, -0.15) is 0 Å². The van der Waals surface area contributed by atoms with Crippen molar-refractivity contribution in [3.63, 3.8) is 0 Å². The average molecular weight is 751 g/mol. The zero-order chi connectivity index (χ0) is 29.2. The van der Waals surface area contributed by atoms with Crippen LogP contribution < -0.4 is 5.19 Å². The van der Waals surface area contributed by atoms with Crippen molar-refractivity contribution in [3.05, 3.63) is 115 Å². The first-order chi connectivity index (χ1) is 19.5. The van der Waals surface area contributed by atoms with Gasteiger partial charge in [0.05, 0.1) is 13.7 Å². The molecule has 3 aromatic carbocycles. The van der Waals surface area contributed by atoms with E-state index < -0.39 is 8.07 Å². The van der Waals surface area contributed by atoms with Crippen molar-refractivity contribution in [1.29, 1.82) is 0 Å². The standard InChI is InChI=1S/C22H20NO.C14H15FNSi.Ir/c1-22(2,3)14-15-11-12-23-19(13-15)18-9-6-8-17-16-7-4-5-10-20(16)24-21(17)18;1-17(2,3)13-8-9-14(16-10-13)11-4-6-12(15)7-5-11;/h4-8,10-13H,14H2,1-3H3;4,6-10H,1-3H3;/q2*-1;. The topological polar surface area (TPSA) is 38.9 Å². The van der Waals surface area contributed by atoms with E-state index in [4.69, 9.17) is 4.42 Å². The second-order valence-electron chi connectivity index (χ2n) is 12.6. The maximum Gasteiger partial charge on any atom is 0.120 e. The van der Waals surface area contributed by atoms with E-state index in [0.717, 1.165) is 50.9 Å². The van der Waals surface area contributed by atoms with Crippen LogP contribution in [0.25, 0.3) is 44.5 Å². The molecule has 0 spiro atoms. The molecule has 0 amide bonds. The summed E-state index contributed by atoms with van der Waals surface area (Å²) in [5, 5.41) is 3.57. The molecule has 3 nitrogen and oxygen atoms in total. The fraction of sp³-hybridized carbons (Fsp3) is 0.222. The van der Waals surface area contributed by atoms with E-state index >= 15 is 0 Å². The quantitative estimate of drug-likeness (QED) is 0.133. The zero-order valence-corrected chi connectivity index (χ0v) is 28.3. The largest absolute Gasteiger partial charge is 0.501 e. The summed E-state index contributed by atoms with van der Waals surface area (Å²) >= 11 is 0. The number of aromatic nitrogens is 2. The number of pyridine rings is 2. The summed E-state index contributed by atoms with van der Waals surface area (Å²) in [5.41, 5.74) is 6.81. The van der Waals surface area contributed by atoms with Crippen LogP contribution in [-0.2, 0) is 26.5 Å². The molecule has 0 N–H and O–H groups in total. The van der Waals surface area contributed by atoms with E-state index in [9.17, 15) is 4.39 Å². The fourth-order valence-electron chi connectivity index (χ4n) is 4.78. The first kappa shape index (κ1) is 31.5. The van der Waals surface area contributed by atoms with Crippen molar-refractivity contribution in [2.75, 3.05) is 0 Å². The summed E-state index contributed by atoms with van der Waals surface area (Å²) in [5.74, 6) is -0.271. The Bertz CT molecular complexity index is 1780. The number of halogens is 1. The van der Waals surface area contributed by atoms with E-state index in [2.05, 4.69) is 92.8 Å². The Morgan fingerprint density at radius 2 is 1.64 bits per heavy atom. The maximum atomic E-state index is 12.8. The van der Waals surface area contributed by atoms with Gasteiger partial charge >= 0.3 is 0 Å². The molecule has 6 rings (SSSR count). The Hall–Kier alpha value is -3.44. The molecule has 42 heavy (non-hydrogen) atoms. The van der Waals surface area contributed by atoms with Gasteiger partial charge in [-0.25, -0.2) is 0 Å². The molecule has 0 unspecified atom stereocenters. The summed E-state index contributed by atoms with van der Waals surface area (Å²) in [6, 6.07) is 31.2. The summed E-state index contributed by atoms with van der Waals surface area (Å²) in [6.45, 7) is 13.6. The van der Waals surface area contributed by atoms with Crippen LogP contribution >= 0.6 is 0 Å². The minimum absolute atomic E-state index is 0. The van der Waals surface area contributed by atoms with Crippen LogP contribution in [-0.4, -0.2) is 18.0 Å². The van der Waals surface area contributed by atoms with Gasteiger partial charge in [-0.15, -0.1) is 48.0 Å². The molecule has 217 valence electrons. The first-order valence-corrected chi connectivity index (χ1v) is 17.4. The smallest absolute Gasteiger partial charge is 0.120 e. The number of fused-ring (bicyclic) bond motifs is 3. The Kier molecular flexibility index (Phi) is 9.62. The van der Waals surface area contributed by atoms with Gasteiger partial charge < -0.3 is 14.4 Å². The Morgan fingerprint density at radius 3 is 2.31 bits per heavy atom. The number of hydrogen-bond acceptors (Lipinski definition) is 3. The van der Waals surface area contributed by atoms with Crippen molar-refractivity contribution >= 4 is 35.2 Å². The predicted octanol–water partition coefficient (Wildman–Crippen LogP) is 9.27. The van der Waals surface area contributed by atoms with Crippen molar-refractivity contribution < 1.29 is 28.9 Å². The molecule has 0 atom stereocenters. The summed E-state index contributed by atoms with van der Waals surface area (Å²) in [4.78, 5) is 8.99. The van der Waals surface area contributed by atoms with Crippen molar-refractivity contribution in [2.45, 2.75) is 46.8 Å². The molecule has 0 fully saturated rings. The molecule has 6 aromatic rings. The van der Waals surface area contributed by atoms with Gasteiger partial charge in [0, 0.05) is 43.7 Å². The van der Waals surface area contributed by atoms with E-state index in [-0.39, 0.29) is 31.3 Å². The van der Waals surface area contributed by atoms with Gasteiger partial charge in [-0.1, -0.05) is 93.3 Å². The van der Waals surface area contributed by atoms with Crippen LogP contribution in [0.2, 0.25) is 19.6 Å². The van der Waals surface area contributed by atoms with Gasteiger partial charge in [-0.3, -0.25) is 4.39 Å². The minimum Gasteiger partial charge on any atom is -0.501 e. The number of rotatable bonds is 4. The molecule has 1 radical (unpaired) electrons. The monoisotopic (exact) mass is 751 g/mol. The Labute approximate surface area is 262 Å². The van der Waals surface area contributed by atoms with Gasteiger partial charge in [0.15, 0.2) is 0 Å². The first-order valence-electron chi connectivity index (χ1n) is 13.9. The van der Waals surface area contributed by atoms with Gasteiger partial charge in [0.25, 0.3) is 0 Å². The van der Waals surface area contributed by atoms with Crippen molar-refractivity contribution in [3.8, 4) is 22.5 Å². The Balaban J connectivity index is 0.000000200. The van der Waals surface area contributed by atoms with Crippen LogP contribution in [0.3, 0.4) is 0 Å². The average Bonchev–Trinajstić information content (AvgIpc) is 3.32. The van der Waals surface area contributed by atoms with Crippen molar-refractivity contribution in [1.82, 2.24) is 9.97 Å². The Morgan fingerprint density at radius 1 is 0.857 bits per heavy atom. The summed E-state index contributed by atoms with van der Waals surface area (Å²) < 4.78 is 18.9. The second kappa shape index (κ2) is 12.8. The van der Waals surface area contributed by atoms with E-state index in [1.54, 1.807) is 6.07 Å². The van der Waals surface area contributed by atoms with Gasteiger partial charge in [0.1, 0.15) is 5.58 Å². The van der Waals surface area contributed by atoms with E-state index in [1.165, 1.54) is 22.9 Å². The van der Waals surface area contributed by atoms with Crippen LogP contribution in [0, 0.1) is 23.4 Å². The van der Waals surface area contributed by atoms with Crippen molar-refractivity contribution in [2.24, 2.45) is 5.41 Å². The fourth-order valence-corrected chi connectivity index (χ4v) is 5.81. The van der Waals surface area contributed by atoms with Gasteiger partial charge in [-0.05, 0) is 40.5 Å². The van der Waals surface area contributed by atoms with E-state index in [0.29, 0.717) is 0 Å². The van der Waals surface area contributed by atoms with Crippen LogP contribution in [0.15, 0.2) is 95.7 Å². The maximum absolute atomic E-state index is 12.8. The normalized spacial score (nSPS) is 11.6. The van der Waals surface area contributed by atoms with Crippen LogP contribution in [0.5, 0.6) is 0 Å². The molecule has 3 aromatic heterocycles.